The van der Waals surface area contributed by atoms with Crippen LogP contribution in [0.2, 0.25) is 0 Å². The third-order valence-electron chi connectivity index (χ3n) is 7.20. The first-order valence-corrected chi connectivity index (χ1v) is 11.6. The number of hydrogen-bond donors (Lipinski definition) is 0. The van der Waals surface area contributed by atoms with Crippen LogP contribution in [-0.2, 0) is 32.1 Å². The Balaban J connectivity index is 1.33. The van der Waals surface area contributed by atoms with E-state index < -0.39 is 30.7 Å². The number of carbonyl (C=O) groups is 4. The van der Waals surface area contributed by atoms with E-state index in [0.717, 1.165) is 35.3 Å². The van der Waals surface area contributed by atoms with Crippen LogP contribution in [0.1, 0.15) is 43.2 Å². The number of carbonyl (C=O) groups excluding carboxylic acids is 4. The number of likely N-dealkylation sites (N-methyl/N-ethyl adjacent to an activating group) is 1. The minimum Gasteiger partial charge on any atom is -0.493 e. The molecule has 1 aliphatic carbocycles. The molecule has 4 rings (SSSR count). The van der Waals surface area contributed by atoms with Crippen LogP contribution in [-0.4, -0.2) is 85.0 Å². The molecular formula is C24H31N3O7. The van der Waals surface area contributed by atoms with Crippen LogP contribution >= 0.6 is 0 Å². The van der Waals surface area contributed by atoms with Gasteiger partial charge in [-0.1, -0.05) is 19.3 Å². The standard InChI is InChI=1S/C24H31N3O7/c1-25-23(31)27(22(30)24(25)8-5-4-6-9-24)14-21(29)34-15-20(28)26-10-7-16-11-18(32-2)19(33-3)12-17(16)13-26/h11-12H,4-10,13-15H2,1-3H3. The van der Waals surface area contributed by atoms with Gasteiger partial charge in [0.05, 0.1) is 14.2 Å². The van der Waals surface area contributed by atoms with Crippen molar-refractivity contribution in [2.75, 3.05) is 41.0 Å². The highest BCUT2D eigenvalue weighted by Gasteiger charge is 2.56. The molecule has 184 valence electrons. The van der Waals surface area contributed by atoms with Crippen molar-refractivity contribution >= 4 is 23.8 Å². The molecule has 0 radical (unpaired) electrons. The SMILES string of the molecule is COc1cc2c(cc1OC)CN(C(=O)COC(=O)CN1C(=O)N(C)C3(CCCCC3)C1=O)CC2. The fraction of sp³-hybridized carbons (Fsp3) is 0.583. The number of ether oxygens (including phenoxy) is 3. The van der Waals surface area contributed by atoms with Gasteiger partial charge < -0.3 is 24.0 Å². The molecule has 0 unspecified atom stereocenters. The quantitative estimate of drug-likeness (QED) is 0.458. The van der Waals surface area contributed by atoms with Crippen molar-refractivity contribution in [3.63, 3.8) is 0 Å². The Morgan fingerprint density at radius 2 is 1.65 bits per heavy atom. The summed E-state index contributed by atoms with van der Waals surface area (Å²) in [7, 11) is 4.74. The van der Waals surface area contributed by atoms with Crippen LogP contribution in [0.15, 0.2) is 12.1 Å². The number of amides is 4. The molecule has 3 aliphatic rings. The lowest BCUT2D eigenvalue weighted by Crippen LogP contribution is -2.49. The maximum atomic E-state index is 13.0. The third kappa shape index (κ3) is 4.17. The molecule has 2 aliphatic heterocycles. The van der Waals surface area contributed by atoms with E-state index >= 15 is 0 Å². The van der Waals surface area contributed by atoms with Crippen LogP contribution in [0, 0.1) is 0 Å². The number of rotatable bonds is 6. The molecule has 0 atom stereocenters. The fourth-order valence-corrected chi connectivity index (χ4v) is 5.18. The summed E-state index contributed by atoms with van der Waals surface area (Å²) in [6.07, 6.45) is 4.61. The van der Waals surface area contributed by atoms with Crippen LogP contribution in [0.4, 0.5) is 4.79 Å². The first-order valence-electron chi connectivity index (χ1n) is 11.6. The van der Waals surface area contributed by atoms with Gasteiger partial charge in [-0.3, -0.25) is 19.3 Å². The summed E-state index contributed by atoms with van der Waals surface area (Å²) >= 11 is 0. The zero-order valence-corrected chi connectivity index (χ0v) is 19.9. The average Bonchev–Trinajstić information content (AvgIpc) is 3.02. The minimum atomic E-state index is -0.851. The Hall–Kier alpha value is -3.30. The zero-order chi connectivity index (χ0) is 24.5. The largest absolute Gasteiger partial charge is 0.493 e. The molecule has 1 spiro atoms. The van der Waals surface area contributed by atoms with Gasteiger partial charge in [0.1, 0.15) is 12.1 Å². The summed E-state index contributed by atoms with van der Waals surface area (Å²) in [5.41, 5.74) is 1.17. The number of methoxy groups -OCH3 is 2. The highest BCUT2D eigenvalue weighted by Crippen LogP contribution is 2.39. The summed E-state index contributed by atoms with van der Waals surface area (Å²) in [6.45, 7) is -0.0900. The Kier molecular flexibility index (Phi) is 6.67. The predicted molar refractivity (Wildman–Crippen MR) is 120 cm³/mol. The normalized spacial score (nSPS) is 19.3. The third-order valence-corrected chi connectivity index (χ3v) is 7.20. The van der Waals surface area contributed by atoms with Crippen molar-refractivity contribution in [1.29, 1.82) is 0 Å². The topological polar surface area (TPSA) is 106 Å². The smallest absolute Gasteiger partial charge is 0.327 e. The molecule has 10 heteroatoms. The summed E-state index contributed by atoms with van der Waals surface area (Å²) < 4.78 is 15.8. The molecule has 34 heavy (non-hydrogen) atoms. The highest BCUT2D eigenvalue weighted by molar-refractivity contribution is 6.08. The van der Waals surface area contributed by atoms with Crippen molar-refractivity contribution in [3.8, 4) is 11.5 Å². The number of hydrogen-bond acceptors (Lipinski definition) is 7. The molecule has 0 aromatic heterocycles. The molecule has 1 saturated heterocycles. The molecular weight excluding hydrogens is 442 g/mol. The molecule has 2 fully saturated rings. The van der Waals surface area contributed by atoms with E-state index in [1.165, 1.54) is 4.90 Å². The Bertz CT molecular complexity index is 1000. The second-order valence-electron chi connectivity index (χ2n) is 9.03. The average molecular weight is 474 g/mol. The second-order valence-corrected chi connectivity index (χ2v) is 9.03. The molecule has 1 aromatic carbocycles. The number of benzene rings is 1. The van der Waals surface area contributed by atoms with E-state index in [0.29, 0.717) is 43.9 Å². The number of nitrogens with zero attached hydrogens (tertiary/aromatic N) is 3. The lowest BCUT2D eigenvalue weighted by molar-refractivity contribution is -0.154. The van der Waals surface area contributed by atoms with E-state index in [-0.39, 0.29) is 11.8 Å². The van der Waals surface area contributed by atoms with Gasteiger partial charge in [0.2, 0.25) is 0 Å². The Morgan fingerprint density at radius 3 is 2.29 bits per heavy atom. The van der Waals surface area contributed by atoms with E-state index in [1.807, 2.05) is 12.1 Å². The molecule has 1 aromatic rings. The highest BCUT2D eigenvalue weighted by atomic mass is 16.5. The number of esters is 1. The lowest BCUT2D eigenvalue weighted by Gasteiger charge is -2.35. The van der Waals surface area contributed by atoms with Gasteiger partial charge in [0, 0.05) is 20.1 Å². The van der Waals surface area contributed by atoms with Gasteiger partial charge in [0.15, 0.2) is 18.1 Å². The predicted octanol–water partition coefficient (Wildman–Crippen LogP) is 1.73. The van der Waals surface area contributed by atoms with Crippen molar-refractivity contribution in [2.24, 2.45) is 0 Å². The van der Waals surface area contributed by atoms with Crippen molar-refractivity contribution in [1.82, 2.24) is 14.7 Å². The first kappa shape index (κ1) is 23.8. The maximum Gasteiger partial charge on any atom is 0.327 e. The maximum absolute atomic E-state index is 13.0. The number of urea groups is 1. The molecule has 4 amide bonds. The van der Waals surface area contributed by atoms with Crippen molar-refractivity contribution in [3.05, 3.63) is 23.3 Å². The molecule has 0 N–H and O–H groups in total. The molecule has 10 nitrogen and oxygen atoms in total. The summed E-state index contributed by atoms with van der Waals surface area (Å²) in [5, 5.41) is 0. The molecule has 0 bridgehead atoms. The van der Waals surface area contributed by atoms with Crippen molar-refractivity contribution in [2.45, 2.75) is 50.6 Å². The summed E-state index contributed by atoms with van der Waals surface area (Å²) in [4.78, 5) is 54.8. The van der Waals surface area contributed by atoms with Gasteiger partial charge in [-0.15, -0.1) is 0 Å². The van der Waals surface area contributed by atoms with Gasteiger partial charge in [0.25, 0.3) is 11.8 Å². The number of imide groups is 1. The van der Waals surface area contributed by atoms with Crippen LogP contribution in [0.5, 0.6) is 11.5 Å². The van der Waals surface area contributed by atoms with Gasteiger partial charge in [-0.05, 0) is 42.5 Å². The van der Waals surface area contributed by atoms with Crippen LogP contribution < -0.4 is 9.47 Å². The lowest BCUT2D eigenvalue weighted by atomic mass is 9.81. The summed E-state index contributed by atoms with van der Waals surface area (Å²) in [6, 6.07) is 3.27. The fourth-order valence-electron chi connectivity index (χ4n) is 5.18. The van der Waals surface area contributed by atoms with E-state index in [2.05, 4.69) is 0 Å². The van der Waals surface area contributed by atoms with E-state index in [1.54, 1.807) is 26.2 Å². The van der Waals surface area contributed by atoms with E-state index in [4.69, 9.17) is 14.2 Å². The second kappa shape index (κ2) is 9.52. The molecule has 2 heterocycles. The van der Waals surface area contributed by atoms with Crippen LogP contribution in [0.25, 0.3) is 0 Å². The van der Waals surface area contributed by atoms with Gasteiger partial charge in [-0.25, -0.2) is 4.79 Å². The Labute approximate surface area is 198 Å². The molecule has 1 saturated carbocycles. The minimum absolute atomic E-state index is 0.339. The monoisotopic (exact) mass is 473 g/mol. The Morgan fingerprint density at radius 1 is 1.00 bits per heavy atom. The van der Waals surface area contributed by atoms with E-state index in [9.17, 15) is 19.2 Å². The first-order chi connectivity index (χ1) is 16.3. The number of fused-ring (bicyclic) bond motifs is 1. The summed E-state index contributed by atoms with van der Waals surface area (Å²) in [5.74, 6) is -0.238. The van der Waals surface area contributed by atoms with Gasteiger partial charge >= 0.3 is 12.0 Å². The zero-order valence-electron chi connectivity index (χ0n) is 19.9. The van der Waals surface area contributed by atoms with Gasteiger partial charge in [-0.2, -0.15) is 0 Å². The van der Waals surface area contributed by atoms with Crippen LogP contribution in [0.3, 0.4) is 0 Å². The van der Waals surface area contributed by atoms with Crippen molar-refractivity contribution < 1.29 is 33.4 Å².